The molecular formula is C18H14ClF4N3O3. The normalized spacial score (nSPS) is 16.7. The van der Waals surface area contributed by atoms with Crippen molar-refractivity contribution >= 4 is 35.1 Å². The zero-order valence-electron chi connectivity index (χ0n) is 15.1. The number of aryl methyl sites for hydroxylation is 1. The summed E-state index contributed by atoms with van der Waals surface area (Å²) in [5.74, 6) is -2.03. The fraction of sp³-hybridized carbons (Fsp3) is 0.278. The van der Waals surface area contributed by atoms with Crippen LogP contribution in [0.4, 0.5) is 33.9 Å². The molecule has 6 nitrogen and oxygen atoms in total. The smallest absolute Gasteiger partial charge is 0.416 e. The summed E-state index contributed by atoms with van der Waals surface area (Å²) in [4.78, 5) is 30.6. The number of carbonyl (C=O) groups excluding carboxylic acids is 2. The van der Waals surface area contributed by atoms with Gasteiger partial charge in [0.25, 0.3) is 5.91 Å². The molecule has 3 rings (SSSR count). The molecule has 0 N–H and O–H groups in total. The van der Waals surface area contributed by atoms with Gasteiger partial charge in [0.15, 0.2) is 11.9 Å². The molecule has 1 aliphatic rings. The van der Waals surface area contributed by atoms with Crippen LogP contribution in [-0.4, -0.2) is 36.7 Å². The number of anilines is 2. The van der Waals surface area contributed by atoms with Crippen molar-refractivity contribution in [3.63, 3.8) is 0 Å². The lowest BCUT2D eigenvalue weighted by Gasteiger charge is -2.26. The fourth-order valence-electron chi connectivity index (χ4n) is 2.89. The molecule has 1 fully saturated rings. The van der Waals surface area contributed by atoms with Gasteiger partial charge in [-0.3, -0.25) is 4.79 Å². The number of benzene rings is 1. The lowest BCUT2D eigenvalue weighted by Crippen LogP contribution is -2.47. The number of halogens is 5. The Labute approximate surface area is 167 Å². The Bertz CT molecular complexity index is 983. The highest BCUT2D eigenvalue weighted by Crippen LogP contribution is 2.34. The Balaban J connectivity index is 1.98. The number of pyridine rings is 1. The van der Waals surface area contributed by atoms with E-state index in [1.54, 1.807) is 0 Å². The highest BCUT2D eigenvalue weighted by Gasteiger charge is 2.43. The predicted octanol–water partition coefficient (Wildman–Crippen LogP) is 4.19. The second-order valence-corrected chi connectivity index (χ2v) is 6.69. The summed E-state index contributed by atoms with van der Waals surface area (Å²) >= 11 is 5.73. The van der Waals surface area contributed by atoms with E-state index in [-0.39, 0.29) is 16.4 Å². The highest BCUT2D eigenvalue weighted by molar-refractivity contribution is 6.31. The summed E-state index contributed by atoms with van der Waals surface area (Å²) in [5.41, 5.74) is -1.19. The third-order valence-electron chi connectivity index (χ3n) is 4.30. The van der Waals surface area contributed by atoms with E-state index >= 15 is 0 Å². The van der Waals surface area contributed by atoms with E-state index in [4.69, 9.17) is 16.3 Å². The maximum absolute atomic E-state index is 14.3. The van der Waals surface area contributed by atoms with E-state index in [2.05, 4.69) is 4.98 Å². The van der Waals surface area contributed by atoms with Gasteiger partial charge in [-0.05, 0) is 31.2 Å². The van der Waals surface area contributed by atoms with Crippen LogP contribution in [0.15, 0.2) is 30.3 Å². The van der Waals surface area contributed by atoms with Crippen LogP contribution in [-0.2, 0) is 15.7 Å². The maximum atomic E-state index is 14.3. The quantitative estimate of drug-likeness (QED) is 0.684. The molecule has 2 aromatic rings. The number of cyclic esters (lactones) is 1. The number of aromatic nitrogens is 1. The van der Waals surface area contributed by atoms with Gasteiger partial charge in [-0.15, -0.1) is 0 Å². The molecule has 2 amide bonds. The SMILES string of the molecule is Cc1cc(C(F)(F)F)cc(N2C(=O)OC[C@H]2C(=O)N(C)c2cccc(Cl)c2F)n1. The van der Waals surface area contributed by atoms with E-state index < -0.39 is 48.0 Å². The lowest BCUT2D eigenvalue weighted by atomic mass is 10.2. The average molecular weight is 432 g/mol. The first kappa shape index (κ1) is 20.8. The first-order valence-corrected chi connectivity index (χ1v) is 8.62. The van der Waals surface area contributed by atoms with E-state index in [1.807, 2.05) is 0 Å². The van der Waals surface area contributed by atoms with Crippen LogP contribution in [0.3, 0.4) is 0 Å². The van der Waals surface area contributed by atoms with Crippen molar-refractivity contribution in [1.29, 1.82) is 0 Å². The van der Waals surface area contributed by atoms with Crippen LogP contribution in [0.1, 0.15) is 11.3 Å². The summed E-state index contributed by atoms with van der Waals surface area (Å²) in [6.07, 6.45) is -5.71. The molecular weight excluding hydrogens is 418 g/mol. The Morgan fingerprint density at radius 1 is 1.34 bits per heavy atom. The number of amides is 2. The second-order valence-electron chi connectivity index (χ2n) is 6.29. The molecule has 2 heterocycles. The molecule has 0 aliphatic carbocycles. The van der Waals surface area contributed by atoms with E-state index in [9.17, 15) is 27.2 Å². The Kier molecular flexibility index (Phi) is 5.40. The van der Waals surface area contributed by atoms with Crippen LogP contribution in [0.2, 0.25) is 5.02 Å². The number of nitrogens with zero attached hydrogens (tertiary/aromatic N) is 3. The molecule has 0 bridgehead atoms. The van der Waals surface area contributed by atoms with Gasteiger partial charge in [0.1, 0.15) is 12.4 Å². The van der Waals surface area contributed by atoms with Gasteiger partial charge in [0.2, 0.25) is 0 Å². The zero-order chi connectivity index (χ0) is 21.5. The number of alkyl halides is 3. The number of ether oxygens (including phenoxy) is 1. The van der Waals surface area contributed by atoms with Gasteiger partial charge in [0, 0.05) is 12.7 Å². The maximum Gasteiger partial charge on any atom is 0.416 e. The topological polar surface area (TPSA) is 62.7 Å². The molecule has 0 saturated carbocycles. The molecule has 0 unspecified atom stereocenters. The lowest BCUT2D eigenvalue weighted by molar-refractivity contribution is -0.137. The van der Waals surface area contributed by atoms with E-state index in [0.717, 1.165) is 15.9 Å². The predicted molar refractivity (Wildman–Crippen MR) is 96.4 cm³/mol. The minimum Gasteiger partial charge on any atom is -0.446 e. The van der Waals surface area contributed by atoms with Crippen LogP contribution < -0.4 is 9.80 Å². The molecule has 1 atom stereocenters. The first-order valence-electron chi connectivity index (χ1n) is 8.24. The summed E-state index contributed by atoms with van der Waals surface area (Å²) in [7, 11) is 1.25. The standard InChI is InChI=1S/C18H14ClF4N3O3/c1-9-6-10(18(21,22)23)7-14(24-9)26-13(8-29-17(26)28)16(27)25(2)12-5-3-4-11(19)15(12)20/h3-7,13H,8H2,1-2H3/t13-/m0/s1. The van der Waals surface area contributed by atoms with Crippen molar-refractivity contribution in [2.75, 3.05) is 23.5 Å². The molecule has 1 aromatic carbocycles. The molecule has 0 radical (unpaired) electrons. The van der Waals surface area contributed by atoms with Gasteiger partial charge >= 0.3 is 12.3 Å². The van der Waals surface area contributed by atoms with Crippen molar-refractivity contribution in [3.05, 3.63) is 52.4 Å². The number of rotatable bonds is 3. The fourth-order valence-corrected chi connectivity index (χ4v) is 3.06. The van der Waals surface area contributed by atoms with Gasteiger partial charge in [-0.2, -0.15) is 13.2 Å². The van der Waals surface area contributed by atoms with Crippen molar-refractivity contribution in [3.8, 4) is 0 Å². The summed E-state index contributed by atoms with van der Waals surface area (Å²) in [5, 5.41) is -0.215. The van der Waals surface area contributed by atoms with E-state index in [1.165, 1.54) is 32.2 Å². The monoisotopic (exact) mass is 431 g/mol. The molecule has 0 spiro atoms. The van der Waals surface area contributed by atoms with Gasteiger partial charge in [0.05, 0.1) is 16.3 Å². The van der Waals surface area contributed by atoms with Crippen molar-refractivity contribution in [2.45, 2.75) is 19.1 Å². The van der Waals surface area contributed by atoms with Gasteiger partial charge < -0.3 is 9.64 Å². The van der Waals surface area contributed by atoms with Gasteiger partial charge in [-0.25, -0.2) is 19.1 Å². The molecule has 1 aromatic heterocycles. The average Bonchev–Trinajstić information content (AvgIpc) is 3.03. The molecule has 154 valence electrons. The Morgan fingerprint density at radius 3 is 2.69 bits per heavy atom. The third-order valence-corrected chi connectivity index (χ3v) is 4.59. The molecule has 1 aliphatic heterocycles. The number of hydrogen-bond acceptors (Lipinski definition) is 4. The number of likely N-dealkylation sites (N-methyl/N-ethyl adjacent to an activating group) is 1. The third kappa shape index (κ3) is 3.98. The molecule has 1 saturated heterocycles. The summed E-state index contributed by atoms with van der Waals surface area (Å²) in [6, 6.07) is 4.16. The molecule has 11 heteroatoms. The number of carbonyl (C=O) groups is 2. The van der Waals surface area contributed by atoms with Crippen LogP contribution in [0.25, 0.3) is 0 Å². The second kappa shape index (κ2) is 7.51. The van der Waals surface area contributed by atoms with Crippen LogP contribution >= 0.6 is 11.6 Å². The summed E-state index contributed by atoms with van der Waals surface area (Å²) in [6.45, 7) is 0.894. The van der Waals surface area contributed by atoms with Crippen molar-refractivity contribution in [1.82, 2.24) is 4.98 Å². The minimum atomic E-state index is -4.67. The highest BCUT2D eigenvalue weighted by atomic mass is 35.5. The zero-order valence-corrected chi connectivity index (χ0v) is 15.9. The minimum absolute atomic E-state index is 0.00466. The van der Waals surface area contributed by atoms with Crippen molar-refractivity contribution < 1.29 is 31.9 Å². The molecule has 29 heavy (non-hydrogen) atoms. The Hall–Kier alpha value is -2.88. The van der Waals surface area contributed by atoms with E-state index in [0.29, 0.717) is 6.07 Å². The number of hydrogen-bond donors (Lipinski definition) is 0. The first-order chi connectivity index (χ1) is 13.5. The summed E-state index contributed by atoms with van der Waals surface area (Å²) < 4.78 is 58.5. The van der Waals surface area contributed by atoms with Crippen LogP contribution in [0.5, 0.6) is 0 Å². The Morgan fingerprint density at radius 2 is 2.03 bits per heavy atom. The van der Waals surface area contributed by atoms with Crippen molar-refractivity contribution in [2.24, 2.45) is 0 Å². The largest absolute Gasteiger partial charge is 0.446 e. The van der Waals surface area contributed by atoms with Gasteiger partial charge in [-0.1, -0.05) is 17.7 Å². The van der Waals surface area contributed by atoms with Crippen LogP contribution in [0, 0.1) is 12.7 Å².